The summed E-state index contributed by atoms with van der Waals surface area (Å²) < 4.78 is 22.0. The molecular formula is C28H34N2O7. The van der Waals surface area contributed by atoms with Gasteiger partial charge in [0.15, 0.2) is 0 Å². The summed E-state index contributed by atoms with van der Waals surface area (Å²) >= 11 is 0. The smallest absolute Gasteiger partial charge is 0.320 e. The van der Waals surface area contributed by atoms with Gasteiger partial charge in [-0.15, -0.1) is 0 Å². The number of carbonyl (C=O) groups excluding carboxylic acids is 3. The van der Waals surface area contributed by atoms with Crippen LogP contribution in [0, 0.1) is 5.41 Å². The number of ether oxygens (including phenoxy) is 4. The standard InChI is InChI=1S/C28H34N2O7/c1-28(2,27(33)37-18-21-9-11-22(34-3)12-10-21)19-30-15-23-25(26(30)32)29(13-14-35-23)16-24(31)36-17-20-7-5-4-6-8-20/h4-12,23,25H,13-19H2,1-3H3/t23-,25-/m0/s1. The van der Waals surface area contributed by atoms with Gasteiger partial charge in [-0.1, -0.05) is 42.5 Å². The minimum atomic E-state index is -0.922. The lowest BCUT2D eigenvalue weighted by Gasteiger charge is -2.34. The van der Waals surface area contributed by atoms with Crippen LogP contribution in [0.25, 0.3) is 0 Å². The summed E-state index contributed by atoms with van der Waals surface area (Å²) in [7, 11) is 1.59. The summed E-state index contributed by atoms with van der Waals surface area (Å²) in [6.07, 6.45) is -0.366. The molecular weight excluding hydrogens is 476 g/mol. The minimum absolute atomic E-state index is 0.00420. The molecule has 4 rings (SSSR count). The second kappa shape index (κ2) is 11.7. The third-order valence-corrected chi connectivity index (χ3v) is 6.66. The highest BCUT2D eigenvalue weighted by Gasteiger charge is 2.49. The lowest BCUT2D eigenvalue weighted by atomic mass is 9.93. The van der Waals surface area contributed by atoms with E-state index in [2.05, 4.69) is 0 Å². The van der Waals surface area contributed by atoms with Crippen molar-refractivity contribution in [3.63, 3.8) is 0 Å². The van der Waals surface area contributed by atoms with Crippen molar-refractivity contribution in [3.05, 3.63) is 65.7 Å². The van der Waals surface area contributed by atoms with Gasteiger partial charge in [0.2, 0.25) is 5.91 Å². The van der Waals surface area contributed by atoms with E-state index in [0.717, 1.165) is 16.9 Å². The molecule has 2 aromatic rings. The number of fused-ring (bicyclic) bond motifs is 1. The van der Waals surface area contributed by atoms with Gasteiger partial charge in [0.1, 0.15) is 25.0 Å². The number of likely N-dealkylation sites (tertiary alicyclic amines) is 1. The molecule has 0 unspecified atom stereocenters. The first-order chi connectivity index (χ1) is 17.8. The van der Waals surface area contributed by atoms with Gasteiger partial charge in [0, 0.05) is 19.6 Å². The molecule has 0 aromatic heterocycles. The van der Waals surface area contributed by atoms with Crippen LogP contribution in [0.1, 0.15) is 25.0 Å². The molecule has 0 bridgehead atoms. The Morgan fingerprint density at radius 2 is 1.68 bits per heavy atom. The highest BCUT2D eigenvalue weighted by atomic mass is 16.5. The van der Waals surface area contributed by atoms with Crippen LogP contribution in [0.3, 0.4) is 0 Å². The van der Waals surface area contributed by atoms with Crippen molar-refractivity contribution < 1.29 is 33.3 Å². The van der Waals surface area contributed by atoms with E-state index in [-0.39, 0.29) is 38.3 Å². The molecule has 9 heteroatoms. The number of benzene rings is 2. The quantitative estimate of drug-likeness (QED) is 0.450. The van der Waals surface area contributed by atoms with Crippen molar-refractivity contribution in [1.82, 2.24) is 9.80 Å². The molecule has 2 aliphatic heterocycles. The average molecular weight is 511 g/mol. The van der Waals surface area contributed by atoms with Crippen molar-refractivity contribution in [2.75, 3.05) is 39.9 Å². The van der Waals surface area contributed by atoms with Crippen LogP contribution in [0.5, 0.6) is 5.75 Å². The Kier molecular flexibility index (Phi) is 8.45. The van der Waals surface area contributed by atoms with Gasteiger partial charge in [0.25, 0.3) is 0 Å². The van der Waals surface area contributed by atoms with E-state index in [1.807, 2.05) is 59.5 Å². The van der Waals surface area contributed by atoms with Crippen LogP contribution in [0.15, 0.2) is 54.6 Å². The lowest BCUT2D eigenvalue weighted by molar-refractivity contribution is -0.157. The SMILES string of the molecule is COc1ccc(COC(=O)C(C)(C)CN2C[C@@H]3OCCN(CC(=O)OCc4ccccc4)[C@@H]3C2=O)cc1. The molecule has 0 aliphatic carbocycles. The Labute approximate surface area is 217 Å². The Morgan fingerprint density at radius 1 is 1.00 bits per heavy atom. The van der Waals surface area contributed by atoms with Gasteiger partial charge in [-0.2, -0.15) is 0 Å². The van der Waals surface area contributed by atoms with E-state index in [1.54, 1.807) is 25.9 Å². The van der Waals surface area contributed by atoms with Crippen molar-refractivity contribution in [2.24, 2.45) is 5.41 Å². The number of amides is 1. The first-order valence-electron chi connectivity index (χ1n) is 12.4. The molecule has 0 N–H and O–H groups in total. The second-order valence-electron chi connectivity index (χ2n) is 10.00. The first kappa shape index (κ1) is 26.6. The van der Waals surface area contributed by atoms with Crippen LogP contribution in [0.4, 0.5) is 0 Å². The van der Waals surface area contributed by atoms with Crippen LogP contribution >= 0.6 is 0 Å². The molecule has 0 radical (unpaired) electrons. The van der Waals surface area contributed by atoms with Gasteiger partial charge < -0.3 is 23.8 Å². The third kappa shape index (κ3) is 6.67. The fourth-order valence-corrected chi connectivity index (χ4v) is 4.63. The molecule has 1 amide bonds. The summed E-state index contributed by atoms with van der Waals surface area (Å²) in [5, 5.41) is 0. The summed E-state index contributed by atoms with van der Waals surface area (Å²) in [6, 6.07) is 16.2. The topological polar surface area (TPSA) is 94.6 Å². The molecule has 2 saturated heterocycles. The number of morpholine rings is 1. The summed E-state index contributed by atoms with van der Waals surface area (Å²) in [6.45, 7) is 5.26. The van der Waals surface area contributed by atoms with Crippen LogP contribution in [0.2, 0.25) is 0 Å². The monoisotopic (exact) mass is 510 g/mol. The lowest BCUT2D eigenvalue weighted by Crippen LogP contribution is -2.54. The number of nitrogens with zero attached hydrogens (tertiary/aromatic N) is 2. The molecule has 2 atom stereocenters. The average Bonchev–Trinajstić information content (AvgIpc) is 3.22. The van der Waals surface area contributed by atoms with E-state index >= 15 is 0 Å². The number of methoxy groups -OCH3 is 1. The molecule has 2 aliphatic rings. The number of carbonyl (C=O) groups is 3. The van der Waals surface area contributed by atoms with E-state index in [0.29, 0.717) is 19.7 Å². The molecule has 0 spiro atoms. The van der Waals surface area contributed by atoms with Crippen LogP contribution in [-0.4, -0.2) is 79.7 Å². The first-order valence-corrected chi connectivity index (χ1v) is 12.4. The Hall–Kier alpha value is -3.43. The van der Waals surface area contributed by atoms with Gasteiger partial charge in [-0.05, 0) is 37.1 Å². The molecule has 9 nitrogen and oxygen atoms in total. The predicted molar refractivity (Wildman–Crippen MR) is 134 cm³/mol. The van der Waals surface area contributed by atoms with Crippen LogP contribution < -0.4 is 4.74 Å². The van der Waals surface area contributed by atoms with Crippen molar-refractivity contribution >= 4 is 17.8 Å². The van der Waals surface area contributed by atoms with Gasteiger partial charge >= 0.3 is 11.9 Å². The van der Waals surface area contributed by atoms with E-state index in [9.17, 15) is 14.4 Å². The zero-order valence-corrected chi connectivity index (χ0v) is 21.6. The number of hydrogen-bond donors (Lipinski definition) is 0. The highest BCUT2D eigenvalue weighted by molar-refractivity contribution is 5.87. The van der Waals surface area contributed by atoms with E-state index < -0.39 is 23.4 Å². The molecule has 2 heterocycles. The molecule has 0 saturated carbocycles. The van der Waals surface area contributed by atoms with Crippen LogP contribution in [-0.2, 0) is 41.8 Å². The number of rotatable bonds is 10. The molecule has 37 heavy (non-hydrogen) atoms. The zero-order valence-electron chi connectivity index (χ0n) is 21.6. The maximum atomic E-state index is 13.3. The maximum Gasteiger partial charge on any atom is 0.320 e. The van der Waals surface area contributed by atoms with E-state index in [4.69, 9.17) is 18.9 Å². The summed E-state index contributed by atoms with van der Waals surface area (Å²) in [4.78, 5) is 42.2. The van der Waals surface area contributed by atoms with Gasteiger partial charge in [-0.3, -0.25) is 19.3 Å². The zero-order chi connectivity index (χ0) is 26.4. The van der Waals surface area contributed by atoms with Gasteiger partial charge in [0.05, 0.1) is 31.8 Å². The largest absolute Gasteiger partial charge is 0.497 e. The normalized spacial score (nSPS) is 19.9. The second-order valence-corrected chi connectivity index (χ2v) is 10.00. The van der Waals surface area contributed by atoms with Crippen molar-refractivity contribution in [3.8, 4) is 5.75 Å². The summed E-state index contributed by atoms with van der Waals surface area (Å²) in [5.74, 6) is -0.215. The maximum absolute atomic E-state index is 13.3. The molecule has 198 valence electrons. The fraction of sp³-hybridized carbons (Fsp3) is 0.464. The van der Waals surface area contributed by atoms with Crippen molar-refractivity contribution in [1.29, 1.82) is 0 Å². The minimum Gasteiger partial charge on any atom is -0.497 e. The van der Waals surface area contributed by atoms with Gasteiger partial charge in [-0.25, -0.2) is 0 Å². The number of esters is 2. The highest BCUT2D eigenvalue weighted by Crippen LogP contribution is 2.29. The Morgan fingerprint density at radius 3 is 2.38 bits per heavy atom. The Bertz CT molecular complexity index is 1090. The van der Waals surface area contributed by atoms with E-state index in [1.165, 1.54) is 0 Å². The van der Waals surface area contributed by atoms with Crippen molar-refractivity contribution in [2.45, 2.75) is 39.2 Å². The summed E-state index contributed by atoms with van der Waals surface area (Å²) in [5.41, 5.74) is 0.825. The molecule has 2 aromatic carbocycles. The fourth-order valence-electron chi connectivity index (χ4n) is 4.63. The Balaban J connectivity index is 1.31. The predicted octanol–water partition coefficient (Wildman–Crippen LogP) is 2.42. The third-order valence-electron chi connectivity index (χ3n) is 6.66. The number of hydrogen-bond acceptors (Lipinski definition) is 8. The molecule has 2 fully saturated rings.